The van der Waals surface area contributed by atoms with Crippen molar-refractivity contribution in [2.24, 2.45) is 0 Å². The van der Waals surface area contributed by atoms with Crippen LogP contribution < -0.4 is 21.2 Å². The summed E-state index contributed by atoms with van der Waals surface area (Å²) in [6.07, 6.45) is 0. The van der Waals surface area contributed by atoms with E-state index in [4.69, 9.17) is 0 Å². The third-order valence-electron chi connectivity index (χ3n) is 6.18. The molecule has 5 rings (SSSR count). The maximum atomic E-state index is 13.8. The fraction of sp³-hybridized carbons (Fsp3) is 0. The van der Waals surface area contributed by atoms with Gasteiger partial charge in [-0.3, -0.25) is 9.59 Å². The molecule has 35 heavy (non-hydrogen) atoms. The van der Waals surface area contributed by atoms with Crippen molar-refractivity contribution in [1.29, 1.82) is 0 Å². The maximum Gasteiger partial charge on any atom is 0.237 e. The summed E-state index contributed by atoms with van der Waals surface area (Å²) < 4.78 is 0. The quantitative estimate of drug-likeness (QED) is 0.182. The van der Waals surface area contributed by atoms with E-state index in [1.165, 1.54) is 0 Å². The lowest BCUT2D eigenvalue weighted by Gasteiger charge is -2.28. The van der Waals surface area contributed by atoms with Gasteiger partial charge in [0.1, 0.15) is 28.5 Å². The monoisotopic (exact) mass is 471 g/mol. The van der Waals surface area contributed by atoms with E-state index in [2.05, 4.69) is 36.4 Å². The summed E-state index contributed by atoms with van der Waals surface area (Å²) in [5.41, 5.74) is 0.849. The second-order valence-electron chi connectivity index (χ2n) is 8.22. The molecule has 0 aliphatic rings. The fourth-order valence-corrected chi connectivity index (χ4v) is 9.05. The van der Waals surface area contributed by atoms with E-state index < -0.39 is 18.8 Å². The van der Waals surface area contributed by atoms with Crippen LogP contribution in [0.2, 0.25) is 0 Å². The van der Waals surface area contributed by atoms with Gasteiger partial charge in [-0.1, -0.05) is 97.1 Å². The Bertz CT molecular complexity index is 1350. The van der Waals surface area contributed by atoms with E-state index in [-0.39, 0.29) is 0 Å². The Labute approximate surface area is 206 Å². The highest BCUT2D eigenvalue weighted by atomic mass is 31.2. The molecule has 0 amide bonds. The minimum Gasteiger partial charge on any atom is -0.285 e. The molecule has 0 saturated heterocycles. The van der Waals surface area contributed by atoms with Crippen molar-refractivity contribution in [2.75, 3.05) is 0 Å². The summed E-state index contributed by atoms with van der Waals surface area (Å²) >= 11 is 0. The van der Waals surface area contributed by atoms with Crippen molar-refractivity contribution in [1.82, 2.24) is 0 Å². The van der Waals surface area contributed by atoms with Gasteiger partial charge in [-0.05, 0) is 48.5 Å². The third-order valence-corrected chi connectivity index (χ3v) is 10.5. The number of ketones is 2. The Kier molecular flexibility index (Phi) is 6.48. The van der Waals surface area contributed by atoms with Gasteiger partial charge < -0.3 is 0 Å². The van der Waals surface area contributed by atoms with Gasteiger partial charge in [0.2, 0.25) is 11.6 Å². The standard InChI is InChI=1S/C32H24O2P/c33-31(25-15-5-1-6-16-25)32(34)29-23-13-14-24-30(29)35(26-17-7-2-8-18-26,27-19-9-3-10-20-27)28-21-11-4-12-22-28/h1-24H/q+1. The van der Waals surface area contributed by atoms with Crippen LogP contribution in [0.15, 0.2) is 146 Å². The van der Waals surface area contributed by atoms with Crippen LogP contribution in [0.1, 0.15) is 20.7 Å². The van der Waals surface area contributed by atoms with Crippen LogP contribution >= 0.6 is 7.26 Å². The van der Waals surface area contributed by atoms with Gasteiger partial charge in [-0.25, -0.2) is 0 Å². The lowest BCUT2D eigenvalue weighted by atomic mass is 10.0. The van der Waals surface area contributed by atoms with Crippen molar-refractivity contribution >= 4 is 40.0 Å². The van der Waals surface area contributed by atoms with Crippen LogP contribution in [0.4, 0.5) is 0 Å². The van der Waals surface area contributed by atoms with E-state index in [1.807, 2.05) is 78.9 Å². The van der Waals surface area contributed by atoms with Crippen LogP contribution in [0.5, 0.6) is 0 Å². The minimum atomic E-state index is -2.50. The predicted octanol–water partition coefficient (Wildman–Crippen LogP) is 5.37. The Morgan fingerprint density at radius 2 is 0.771 bits per heavy atom. The van der Waals surface area contributed by atoms with Crippen molar-refractivity contribution < 1.29 is 9.59 Å². The third kappa shape index (κ3) is 4.14. The normalized spacial score (nSPS) is 11.1. The molecule has 0 spiro atoms. The fourth-order valence-electron chi connectivity index (χ4n) is 4.62. The first kappa shape index (κ1) is 22.7. The summed E-state index contributed by atoms with van der Waals surface area (Å²) in [6, 6.07) is 47.4. The lowest BCUT2D eigenvalue weighted by Crippen LogP contribution is -2.41. The molecule has 5 aromatic carbocycles. The van der Waals surface area contributed by atoms with E-state index in [0.29, 0.717) is 11.1 Å². The smallest absolute Gasteiger partial charge is 0.237 e. The molecule has 0 heterocycles. The van der Waals surface area contributed by atoms with Crippen LogP contribution in [0.25, 0.3) is 0 Å². The van der Waals surface area contributed by atoms with Gasteiger partial charge in [-0.15, -0.1) is 0 Å². The van der Waals surface area contributed by atoms with Crippen molar-refractivity contribution in [3.05, 3.63) is 157 Å². The highest BCUT2D eigenvalue weighted by molar-refractivity contribution is 8.01. The molecule has 5 aromatic rings. The van der Waals surface area contributed by atoms with E-state index in [9.17, 15) is 9.59 Å². The number of hydrogen-bond donors (Lipinski definition) is 0. The molecule has 0 saturated carbocycles. The molecule has 0 aliphatic heterocycles. The summed E-state index contributed by atoms with van der Waals surface area (Å²) in [5, 5.41) is 4.28. The minimum absolute atomic E-state index is 0.398. The molecule has 0 aliphatic carbocycles. The average molecular weight is 472 g/mol. The summed E-state index contributed by atoms with van der Waals surface area (Å²) in [6.45, 7) is 0. The molecule has 0 N–H and O–H groups in total. The van der Waals surface area contributed by atoms with Crippen molar-refractivity contribution in [3.63, 3.8) is 0 Å². The molecule has 0 fully saturated rings. The van der Waals surface area contributed by atoms with E-state index >= 15 is 0 Å². The van der Waals surface area contributed by atoms with Crippen LogP contribution in [0, 0.1) is 0 Å². The van der Waals surface area contributed by atoms with Gasteiger partial charge in [0.05, 0.1) is 5.56 Å². The van der Waals surface area contributed by atoms with Crippen LogP contribution in [-0.4, -0.2) is 11.6 Å². The Morgan fingerprint density at radius 3 is 1.23 bits per heavy atom. The summed E-state index contributed by atoms with van der Waals surface area (Å²) in [4.78, 5) is 27.1. The van der Waals surface area contributed by atoms with Gasteiger partial charge in [0.15, 0.2) is 0 Å². The maximum absolute atomic E-state index is 13.8. The predicted molar refractivity (Wildman–Crippen MR) is 146 cm³/mol. The molecule has 0 radical (unpaired) electrons. The Balaban J connectivity index is 1.83. The first-order valence-corrected chi connectivity index (χ1v) is 13.3. The first-order chi connectivity index (χ1) is 17.2. The van der Waals surface area contributed by atoms with Gasteiger partial charge in [0.25, 0.3) is 0 Å². The zero-order valence-corrected chi connectivity index (χ0v) is 20.0. The second kappa shape index (κ2) is 10.0. The molecule has 0 bridgehead atoms. The van der Waals surface area contributed by atoms with Crippen molar-refractivity contribution in [3.8, 4) is 0 Å². The summed E-state index contributed by atoms with van der Waals surface area (Å²) in [7, 11) is -2.50. The molecule has 3 heteroatoms. The van der Waals surface area contributed by atoms with Crippen LogP contribution in [0.3, 0.4) is 0 Å². The SMILES string of the molecule is O=C(C(=O)c1ccccc1[P+](c1ccccc1)(c1ccccc1)c1ccccc1)c1ccccc1. The number of carbonyl (C=O) groups is 2. The molecule has 2 nitrogen and oxygen atoms in total. The largest absolute Gasteiger partial charge is 0.285 e. The zero-order chi connectivity index (χ0) is 24.1. The lowest BCUT2D eigenvalue weighted by molar-refractivity contribution is 0.0817. The molecular weight excluding hydrogens is 447 g/mol. The van der Waals surface area contributed by atoms with Gasteiger partial charge >= 0.3 is 0 Å². The Hall–Kier alpha value is -4.13. The topological polar surface area (TPSA) is 34.1 Å². The average Bonchev–Trinajstić information content (AvgIpc) is 2.95. The number of rotatable bonds is 7. The van der Waals surface area contributed by atoms with Crippen molar-refractivity contribution in [2.45, 2.75) is 0 Å². The zero-order valence-electron chi connectivity index (χ0n) is 19.1. The highest BCUT2D eigenvalue weighted by Gasteiger charge is 2.50. The first-order valence-electron chi connectivity index (χ1n) is 11.5. The molecule has 0 aromatic heterocycles. The van der Waals surface area contributed by atoms with Gasteiger partial charge in [0, 0.05) is 5.56 Å². The van der Waals surface area contributed by atoms with E-state index in [1.54, 1.807) is 30.3 Å². The number of benzene rings is 5. The highest BCUT2D eigenvalue weighted by Crippen LogP contribution is 2.54. The molecule has 0 unspecified atom stereocenters. The molecule has 0 atom stereocenters. The number of hydrogen-bond acceptors (Lipinski definition) is 2. The Morgan fingerprint density at radius 1 is 0.400 bits per heavy atom. The second-order valence-corrected chi connectivity index (χ2v) is 11.6. The molecule has 168 valence electrons. The number of carbonyl (C=O) groups excluding carboxylic acids is 2. The van der Waals surface area contributed by atoms with Gasteiger partial charge in [-0.2, -0.15) is 0 Å². The summed E-state index contributed by atoms with van der Waals surface area (Å²) in [5.74, 6) is -0.982. The molecular formula is C32H24O2P+. The van der Waals surface area contributed by atoms with E-state index in [0.717, 1.165) is 21.2 Å². The number of Topliss-reactive ketones (excluding diaryl/α,β-unsaturated/α-hetero) is 2. The van der Waals surface area contributed by atoms with Crippen LogP contribution in [-0.2, 0) is 0 Å².